The van der Waals surface area contributed by atoms with Crippen molar-refractivity contribution < 1.29 is 103 Å². The first-order valence-electron chi connectivity index (χ1n) is 38.1. The van der Waals surface area contributed by atoms with Gasteiger partial charge in [-0.05, 0) is 65.0 Å². The molecule has 0 radical (unpaired) electrons. The number of imidazole rings is 1. The van der Waals surface area contributed by atoms with Gasteiger partial charge in [0.25, 0.3) is 0 Å². The minimum atomic E-state index is -1.95. The van der Waals surface area contributed by atoms with Crippen molar-refractivity contribution in [2.45, 2.75) is 191 Å². The molecule has 3 aromatic carbocycles. The number of para-hydroxylation sites is 1. The predicted molar refractivity (Wildman–Crippen MR) is 429 cm³/mol. The molecular formula is C77H107N17O21S2. The number of aliphatic hydroxyl groups is 3. The number of aliphatic hydroxyl groups excluding tert-OH is 3. The van der Waals surface area contributed by atoms with E-state index in [1.165, 1.54) is 50.6 Å². The summed E-state index contributed by atoms with van der Waals surface area (Å²) in [5.74, 6) is -20.3. The lowest BCUT2D eigenvalue weighted by Gasteiger charge is -2.31. The number of benzene rings is 3. The van der Waals surface area contributed by atoms with Gasteiger partial charge in [-0.25, -0.2) is 9.78 Å². The summed E-state index contributed by atoms with van der Waals surface area (Å²) in [6.07, 6.45) is 2.33. The van der Waals surface area contributed by atoms with Crippen LogP contribution in [-0.4, -0.2) is 250 Å². The number of carbonyl (C=O) groups excluding carboxylic acids is 13. The average molecular weight is 1670 g/mol. The number of carboxylic acid groups (broad SMARTS) is 2. The van der Waals surface area contributed by atoms with Crippen LogP contribution >= 0.6 is 21.6 Å². The number of hydrogen-bond acceptors (Lipinski definition) is 23. The average Bonchev–Trinajstić information content (AvgIpc) is 1.72. The lowest BCUT2D eigenvalue weighted by atomic mass is 9.94. The van der Waals surface area contributed by atoms with Crippen LogP contribution in [0.25, 0.3) is 10.9 Å². The number of hydrogen-bond donors (Lipinski definition) is 22. The number of amides is 13. The number of rotatable bonds is 33. The van der Waals surface area contributed by atoms with Gasteiger partial charge in [0.2, 0.25) is 76.8 Å². The van der Waals surface area contributed by atoms with E-state index >= 15 is 19.2 Å². The number of nitrogens with two attached hydrogens (primary N) is 1. The SMILES string of the molecule is CCC(C)C(NC(=O)C(CC(=O)O)NC(=O)C(CC(C)C)NC(=O)C(Cc1cnc[nH]1)NC(=O)C1CSSCC(N)C(=O)NC(CO)C(=O)NC(CO)C(=O)NC(CO)C(=O)NC(C(C)C)C(=O)NC(Cc2ccc(O)cc2)C(=O)NC(Cc2ccccc2)C(=O)N1)C(=O)NC(C(=O)NC(Cc1c[nH]c2ccccc12)C(=O)O)C(C)CC. The minimum Gasteiger partial charge on any atom is -0.508 e. The van der Waals surface area contributed by atoms with Gasteiger partial charge < -0.3 is 115 Å². The van der Waals surface area contributed by atoms with Gasteiger partial charge in [-0.3, -0.25) is 67.1 Å². The quantitative estimate of drug-likeness (QED) is 0.0189. The summed E-state index contributed by atoms with van der Waals surface area (Å²) in [6.45, 7) is 9.76. The zero-order chi connectivity index (χ0) is 86.3. The van der Waals surface area contributed by atoms with Gasteiger partial charge in [0.1, 0.15) is 84.3 Å². The van der Waals surface area contributed by atoms with Crippen LogP contribution in [0.5, 0.6) is 5.75 Å². The monoisotopic (exact) mass is 1670 g/mol. The fourth-order valence-corrected chi connectivity index (χ4v) is 14.5. The summed E-state index contributed by atoms with van der Waals surface area (Å²) in [6, 6.07) is -2.24. The Morgan fingerprint density at radius 2 is 0.991 bits per heavy atom. The van der Waals surface area contributed by atoms with E-state index in [1.54, 1.807) is 102 Å². The van der Waals surface area contributed by atoms with Crippen molar-refractivity contribution >= 4 is 121 Å². The van der Waals surface area contributed by atoms with E-state index in [2.05, 4.69) is 84.1 Å². The molecule has 5 aromatic rings. The Morgan fingerprint density at radius 3 is 1.54 bits per heavy atom. The number of H-pyrrole nitrogens is 2. The molecule has 16 atom stereocenters. The maximum atomic E-state index is 15.2. The van der Waals surface area contributed by atoms with Crippen molar-refractivity contribution in [2.24, 2.45) is 29.4 Å². The van der Waals surface area contributed by atoms with E-state index in [9.17, 15) is 83.4 Å². The fraction of sp³-hybridized carbons (Fsp3) is 0.506. The molecule has 1 saturated heterocycles. The predicted octanol–water partition coefficient (Wildman–Crippen LogP) is -2.78. The van der Waals surface area contributed by atoms with E-state index in [-0.39, 0.29) is 49.3 Å². The molecule has 2 aromatic heterocycles. The number of phenolic OH excluding ortho intramolecular Hbond substituents is 1. The number of aliphatic carboxylic acids is 2. The minimum absolute atomic E-state index is 0.132. The highest BCUT2D eigenvalue weighted by atomic mass is 33.1. The number of nitrogens with zero attached hydrogens (tertiary/aromatic N) is 1. The second kappa shape index (κ2) is 46.5. The van der Waals surface area contributed by atoms with Crippen molar-refractivity contribution in [3.05, 3.63) is 120 Å². The molecule has 40 heteroatoms. The van der Waals surface area contributed by atoms with Crippen LogP contribution in [0.4, 0.5) is 0 Å². The highest BCUT2D eigenvalue weighted by Gasteiger charge is 2.41. The molecule has 6 rings (SSSR count). The van der Waals surface area contributed by atoms with Gasteiger partial charge in [0, 0.05) is 66.2 Å². The maximum Gasteiger partial charge on any atom is 0.326 e. The van der Waals surface area contributed by atoms with Crippen LogP contribution in [0.15, 0.2) is 97.6 Å². The third-order valence-electron chi connectivity index (χ3n) is 19.4. The lowest BCUT2D eigenvalue weighted by Crippen LogP contribution is -2.63. The van der Waals surface area contributed by atoms with Crippen molar-refractivity contribution in [3.8, 4) is 5.75 Å². The third kappa shape index (κ3) is 29.2. The van der Waals surface area contributed by atoms with Crippen molar-refractivity contribution in [1.29, 1.82) is 0 Å². The topological polar surface area (TPSA) is 604 Å². The van der Waals surface area contributed by atoms with Gasteiger partial charge >= 0.3 is 11.9 Å². The van der Waals surface area contributed by atoms with Crippen LogP contribution in [0.3, 0.4) is 0 Å². The molecule has 0 bridgehead atoms. The molecule has 13 amide bonds. The molecular weight excluding hydrogens is 1560 g/mol. The van der Waals surface area contributed by atoms with Crippen LogP contribution in [0, 0.1) is 23.7 Å². The first-order valence-corrected chi connectivity index (χ1v) is 40.6. The molecule has 0 saturated carbocycles. The van der Waals surface area contributed by atoms with Gasteiger partial charge in [0.15, 0.2) is 0 Å². The molecule has 23 N–H and O–H groups in total. The van der Waals surface area contributed by atoms with Gasteiger partial charge in [-0.1, -0.05) is 150 Å². The number of carbonyl (C=O) groups is 15. The summed E-state index contributed by atoms with van der Waals surface area (Å²) >= 11 is 0. The van der Waals surface area contributed by atoms with Crippen LogP contribution < -0.4 is 74.9 Å². The maximum absolute atomic E-state index is 15.2. The largest absolute Gasteiger partial charge is 0.508 e. The normalized spacial score (nSPS) is 21.2. The first-order chi connectivity index (χ1) is 55.6. The summed E-state index contributed by atoms with van der Waals surface area (Å²) in [5, 5.41) is 94.7. The van der Waals surface area contributed by atoms with Crippen LogP contribution in [0.1, 0.15) is 103 Å². The van der Waals surface area contributed by atoms with Crippen molar-refractivity contribution in [3.63, 3.8) is 0 Å². The summed E-state index contributed by atoms with van der Waals surface area (Å²) in [7, 11) is 1.72. The molecule has 0 spiro atoms. The van der Waals surface area contributed by atoms with Crippen molar-refractivity contribution in [2.75, 3.05) is 31.3 Å². The zero-order valence-corrected chi connectivity index (χ0v) is 67.6. The number of aromatic amines is 2. The molecule has 3 heterocycles. The Labute approximate surface area is 682 Å². The summed E-state index contributed by atoms with van der Waals surface area (Å²) < 4.78 is 0. The summed E-state index contributed by atoms with van der Waals surface area (Å²) in [4.78, 5) is 223. The van der Waals surface area contributed by atoms with Crippen molar-refractivity contribution in [1.82, 2.24) is 84.1 Å². The lowest BCUT2D eigenvalue weighted by molar-refractivity contribution is -0.142. The van der Waals surface area contributed by atoms with Gasteiger partial charge in [-0.2, -0.15) is 0 Å². The number of phenols is 1. The van der Waals surface area contributed by atoms with E-state index in [0.29, 0.717) is 23.1 Å². The molecule has 117 heavy (non-hydrogen) atoms. The number of fused-ring (bicyclic) bond motifs is 1. The van der Waals surface area contributed by atoms with E-state index in [1.807, 2.05) is 0 Å². The highest BCUT2D eigenvalue weighted by Crippen LogP contribution is 2.25. The Bertz CT molecular complexity index is 4230. The first kappa shape index (κ1) is 94.7. The number of aromatic hydroxyl groups is 1. The number of carboxylic acids is 2. The second-order valence-electron chi connectivity index (χ2n) is 29.3. The molecule has 0 aliphatic carbocycles. The standard InChI is InChI=1S/C77H107N17O21S2/c1-9-40(7)62(75(112)87-55(77(114)115)27-44-30-80-49-19-15-14-18-47(44)49)94-76(113)63(41(8)10-2)93-69(106)54(29-60(99)100)85-65(102)50(24-38(3)4)82-68(105)53(28-45-31-79-37-81-45)84-73(110)59-36-117-116-35-48(78)64(101)88-56(32-95)70(107)89-57(33-96)71(108)90-58(34-97)72(109)92-61(39(5)6)74(111)86-52(26-43-20-22-46(98)23-21-43)66(103)83-51(67(104)91-59)25-42-16-12-11-13-17-42/h11-23,30-31,37-41,48,50-59,61-63,80,95-98H,9-10,24-29,32-36,78H2,1-8H3,(H,79,81)(H,82,105)(H,83,103)(H,84,110)(H,85,102)(H,86,111)(H,87,112)(H,88,101)(H,89,107)(H,90,108)(H,91,104)(H,92,109)(H,93,106)(H,94,113)(H,99,100)(H,114,115). The van der Waals surface area contributed by atoms with Gasteiger partial charge in [0.05, 0.1) is 38.6 Å². The Hall–Kier alpha value is -11.2. The molecule has 1 fully saturated rings. The Balaban J connectivity index is 1.32. The van der Waals surface area contributed by atoms with E-state index in [0.717, 1.165) is 32.5 Å². The smallest absolute Gasteiger partial charge is 0.326 e. The van der Waals surface area contributed by atoms with E-state index < -0.39 is 235 Å². The third-order valence-corrected chi connectivity index (χ3v) is 21.9. The van der Waals surface area contributed by atoms with E-state index in [4.69, 9.17) is 5.73 Å². The zero-order valence-electron chi connectivity index (χ0n) is 66.0. The molecule has 38 nitrogen and oxygen atoms in total. The summed E-state index contributed by atoms with van der Waals surface area (Å²) in [5.41, 5.74) is 8.67. The molecule has 1 aliphatic heterocycles. The fourth-order valence-electron chi connectivity index (χ4n) is 12.2. The molecule has 1 aliphatic rings. The molecule has 638 valence electrons. The number of aromatic nitrogens is 3. The van der Waals surface area contributed by atoms with Crippen LogP contribution in [0.2, 0.25) is 0 Å². The molecule has 16 unspecified atom stereocenters. The van der Waals surface area contributed by atoms with Gasteiger partial charge in [-0.15, -0.1) is 0 Å². The van der Waals surface area contributed by atoms with Crippen LogP contribution in [-0.2, 0) is 97.6 Å². The number of nitrogens with one attached hydrogen (secondary N) is 15. The Morgan fingerprint density at radius 1 is 0.513 bits per heavy atom. The second-order valence-corrected chi connectivity index (χ2v) is 31.8. The Kier molecular flexibility index (Phi) is 37.6. The highest BCUT2D eigenvalue weighted by molar-refractivity contribution is 8.76.